The van der Waals surface area contributed by atoms with Crippen LogP contribution in [-0.4, -0.2) is 25.0 Å². The van der Waals surface area contributed by atoms with Gasteiger partial charge in [0.15, 0.2) is 0 Å². The highest BCUT2D eigenvalue weighted by molar-refractivity contribution is 9.10. The number of hydrogen-bond donors (Lipinski definition) is 1. The van der Waals surface area contributed by atoms with Crippen LogP contribution in [0.1, 0.15) is 10.5 Å². The number of carbonyl (C=O) groups is 1. The number of anilines is 2. The second-order valence-electron chi connectivity index (χ2n) is 4.36. The Morgan fingerprint density at radius 3 is 2.70 bits per heavy atom. The fourth-order valence-electron chi connectivity index (χ4n) is 1.72. The lowest BCUT2D eigenvalue weighted by Crippen LogP contribution is -2.17. The first kappa shape index (κ1) is 14.8. The average Bonchev–Trinajstić information content (AvgIpc) is 2.38. The van der Waals surface area contributed by atoms with Gasteiger partial charge in [-0.25, -0.2) is 4.98 Å². The summed E-state index contributed by atoms with van der Waals surface area (Å²) in [6, 6.07) is 10.6. The Labute approximate surface area is 130 Å². The smallest absolute Gasteiger partial charge is 0.274 e. The molecule has 1 aromatic heterocycles. The van der Waals surface area contributed by atoms with E-state index >= 15 is 0 Å². The van der Waals surface area contributed by atoms with Crippen LogP contribution in [0.5, 0.6) is 0 Å². The molecule has 2 rings (SSSR count). The summed E-state index contributed by atoms with van der Waals surface area (Å²) < 4.78 is 0.887. The fraction of sp³-hybridized carbons (Fsp3) is 0.143. The molecule has 0 radical (unpaired) electrons. The van der Waals surface area contributed by atoms with Crippen molar-refractivity contribution >= 4 is 44.8 Å². The summed E-state index contributed by atoms with van der Waals surface area (Å²) in [4.78, 5) is 18.1. The summed E-state index contributed by atoms with van der Waals surface area (Å²) >= 11 is 9.19. The third-order valence-electron chi connectivity index (χ3n) is 2.64. The molecule has 0 aliphatic rings. The predicted molar refractivity (Wildman–Crippen MR) is 85.7 cm³/mol. The minimum Gasteiger partial charge on any atom is -0.376 e. The Balaban J connectivity index is 2.30. The summed E-state index contributed by atoms with van der Waals surface area (Å²) in [5.41, 5.74) is 1.89. The van der Waals surface area contributed by atoms with E-state index in [0.29, 0.717) is 10.8 Å². The quantitative estimate of drug-likeness (QED) is 0.852. The molecule has 0 saturated carbocycles. The van der Waals surface area contributed by atoms with Crippen molar-refractivity contribution in [2.75, 3.05) is 24.3 Å². The van der Waals surface area contributed by atoms with Crippen LogP contribution in [0.25, 0.3) is 0 Å². The molecule has 0 aliphatic carbocycles. The molecule has 2 aromatic rings. The van der Waals surface area contributed by atoms with Gasteiger partial charge in [0.2, 0.25) is 0 Å². The van der Waals surface area contributed by atoms with Crippen LogP contribution in [0.15, 0.2) is 40.9 Å². The van der Waals surface area contributed by atoms with Gasteiger partial charge in [-0.1, -0.05) is 33.6 Å². The number of amides is 1. The van der Waals surface area contributed by atoms with E-state index in [1.54, 1.807) is 18.2 Å². The van der Waals surface area contributed by atoms with Gasteiger partial charge >= 0.3 is 0 Å². The van der Waals surface area contributed by atoms with E-state index in [-0.39, 0.29) is 11.6 Å². The number of pyridine rings is 1. The Morgan fingerprint density at radius 1 is 1.30 bits per heavy atom. The number of rotatable bonds is 3. The van der Waals surface area contributed by atoms with E-state index in [2.05, 4.69) is 26.2 Å². The number of nitrogens with zero attached hydrogens (tertiary/aromatic N) is 2. The van der Waals surface area contributed by atoms with Crippen molar-refractivity contribution in [3.63, 3.8) is 0 Å². The van der Waals surface area contributed by atoms with Gasteiger partial charge in [0, 0.05) is 18.6 Å². The molecule has 0 bridgehead atoms. The lowest BCUT2D eigenvalue weighted by atomic mass is 10.2. The van der Waals surface area contributed by atoms with Gasteiger partial charge in [0.1, 0.15) is 10.8 Å². The third kappa shape index (κ3) is 3.49. The van der Waals surface area contributed by atoms with Crippen molar-refractivity contribution in [1.29, 1.82) is 0 Å². The van der Waals surface area contributed by atoms with Crippen molar-refractivity contribution in [2.24, 2.45) is 0 Å². The highest BCUT2D eigenvalue weighted by Crippen LogP contribution is 2.28. The number of hydrogen-bond acceptors (Lipinski definition) is 3. The maximum absolute atomic E-state index is 12.2. The normalized spacial score (nSPS) is 10.2. The van der Waals surface area contributed by atoms with Crippen LogP contribution in [0, 0.1) is 0 Å². The molecular formula is C14H13BrClN3O. The fourth-order valence-corrected chi connectivity index (χ4v) is 2.24. The Hall–Kier alpha value is -1.59. The van der Waals surface area contributed by atoms with Crippen LogP contribution in [0.2, 0.25) is 5.15 Å². The second kappa shape index (κ2) is 6.24. The molecule has 1 heterocycles. The maximum atomic E-state index is 12.2. The van der Waals surface area contributed by atoms with E-state index in [0.717, 1.165) is 10.2 Å². The van der Waals surface area contributed by atoms with Crippen molar-refractivity contribution in [3.05, 3.63) is 51.7 Å². The van der Waals surface area contributed by atoms with Crippen LogP contribution in [0.4, 0.5) is 11.4 Å². The largest absolute Gasteiger partial charge is 0.376 e. The van der Waals surface area contributed by atoms with E-state index in [4.69, 9.17) is 11.6 Å². The van der Waals surface area contributed by atoms with Gasteiger partial charge in [0.25, 0.3) is 5.91 Å². The first-order valence-corrected chi connectivity index (χ1v) is 7.05. The number of aromatic nitrogens is 1. The molecule has 104 valence electrons. The van der Waals surface area contributed by atoms with Gasteiger partial charge in [-0.3, -0.25) is 4.79 Å². The molecule has 6 heteroatoms. The molecule has 0 saturated heterocycles. The number of carbonyl (C=O) groups excluding carboxylic acids is 1. The molecule has 1 N–H and O–H groups in total. The topological polar surface area (TPSA) is 45.2 Å². The van der Waals surface area contributed by atoms with Gasteiger partial charge < -0.3 is 10.2 Å². The number of halogens is 2. The molecule has 4 nitrogen and oxygen atoms in total. The van der Waals surface area contributed by atoms with Gasteiger partial charge in [-0.15, -0.1) is 0 Å². The van der Waals surface area contributed by atoms with E-state index in [1.165, 1.54) is 0 Å². The van der Waals surface area contributed by atoms with E-state index in [9.17, 15) is 4.79 Å². The van der Waals surface area contributed by atoms with Crippen LogP contribution >= 0.6 is 27.5 Å². The van der Waals surface area contributed by atoms with Gasteiger partial charge in [-0.05, 0) is 30.3 Å². The Kier molecular flexibility index (Phi) is 4.62. The molecule has 0 atom stereocenters. The highest BCUT2D eigenvalue weighted by atomic mass is 79.9. The number of nitrogens with one attached hydrogen (secondary N) is 1. The maximum Gasteiger partial charge on any atom is 0.274 e. The molecule has 1 amide bonds. The zero-order valence-electron chi connectivity index (χ0n) is 11.0. The lowest BCUT2D eigenvalue weighted by molar-refractivity contribution is 0.102. The number of benzene rings is 1. The Bertz CT molecular complexity index is 646. The first-order valence-electron chi connectivity index (χ1n) is 5.88. The zero-order chi connectivity index (χ0) is 14.7. The van der Waals surface area contributed by atoms with Crippen LogP contribution < -0.4 is 10.2 Å². The molecule has 0 unspecified atom stereocenters. The van der Waals surface area contributed by atoms with Crippen molar-refractivity contribution < 1.29 is 4.79 Å². The zero-order valence-corrected chi connectivity index (χ0v) is 13.4. The summed E-state index contributed by atoms with van der Waals surface area (Å²) in [6.45, 7) is 0. The van der Waals surface area contributed by atoms with E-state index in [1.807, 2.05) is 37.2 Å². The molecule has 0 fully saturated rings. The minimum atomic E-state index is -0.297. The molecular weight excluding hydrogens is 342 g/mol. The standard InChI is InChI=1S/C14H13BrClN3O/c1-19(2)12-7-6-9(15)8-11(12)18-14(20)10-4-3-5-13(16)17-10/h3-8H,1-2H3,(H,18,20). The summed E-state index contributed by atoms with van der Waals surface area (Å²) in [6.07, 6.45) is 0. The average molecular weight is 355 g/mol. The molecule has 0 spiro atoms. The Morgan fingerprint density at radius 2 is 2.05 bits per heavy atom. The summed E-state index contributed by atoms with van der Waals surface area (Å²) in [5.74, 6) is -0.297. The minimum absolute atomic E-state index is 0.280. The first-order chi connectivity index (χ1) is 9.47. The monoisotopic (exact) mass is 353 g/mol. The SMILES string of the molecule is CN(C)c1ccc(Br)cc1NC(=O)c1cccc(Cl)n1. The molecule has 0 aliphatic heterocycles. The predicted octanol–water partition coefficient (Wildman–Crippen LogP) is 3.82. The van der Waals surface area contributed by atoms with E-state index < -0.39 is 0 Å². The third-order valence-corrected chi connectivity index (χ3v) is 3.34. The lowest BCUT2D eigenvalue weighted by Gasteiger charge is -2.18. The van der Waals surface area contributed by atoms with Crippen molar-refractivity contribution in [2.45, 2.75) is 0 Å². The summed E-state index contributed by atoms with van der Waals surface area (Å²) in [5, 5.41) is 3.14. The molecule has 1 aromatic carbocycles. The van der Waals surface area contributed by atoms with Crippen LogP contribution in [0.3, 0.4) is 0 Å². The second-order valence-corrected chi connectivity index (χ2v) is 5.66. The summed E-state index contributed by atoms with van der Waals surface area (Å²) in [7, 11) is 3.83. The van der Waals surface area contributed by atoms with Crippen LogP contribution in [-0.2, 0) is 0 Å². The van der Waals surface area contributed by atoms with Gasteiger partial charge in [-0.2, -0.15) is 0 Å². The van der Waals surface area contributed by atoms with Gasteiger partial charge in [0.05, 0.1) is 11.4 Å². The van der Waals surface area contributed by atoms with Crippen molar-refractivity contribution in [1.82, 2.24) is 4.98 Å². The molecule has 20 heavy (non-hydrogen) atoms. The highest BCUT2D eigenvalue weighted by Gasteiger charge is 2.12. The van der Waals surface area contributed by atoms with Crippen molar-refractivity contribution in [3.8, 4) is 0 Å².